The zero-order chi connectivity index (χ0) is 23.6. The van der Waals surface area contributed by atoms with Crippen LogP contribution >= 0.6 is 0 Å². The van der Waals surface area contributed by atoms with E-state index in [0.29, 0.717) is 0 Å². The van der Waals surface area contributed by atoms with Gasteiger partial charge in [-0.25, -0.2) is 0 Å². The van der Waals surface area contributed by atoms with Crippen LogP contribution in [0.5, 0.6) is 0 Å². The largest absolute Gasteiger partial charge is 0.354 e. The van der Waals surface area contributed by atoms with E-state index < -0.39 is 0 Å². The minimum Gasteiger partial charge on any atom is -0.354 e. The zero-order valence-corrected chi connectivity index (χ0v) is 19.5. The Labute approximate surface area is 207 Å². The summed E-state index contributed by atoms with van der Waals surface area (Å²) in [7, 11) is 0. The standard InChI is InChI=1S/C34H22N2/c1-3-13-31-27(7-1)29-11-5-9-25(33(29)35-31)23-17-15-22-20-24(18-16-21(22)19-23)26-10-6-12-30-28-8-2-4-14-32(28)36-34(26)30/h1-20,35-36H. The van der Waals surface area contributed by atoms with Gasteiger partial charge in [0.15, 0.2) is 0 Å². The van der Waals surface area contributed by atoms with Gasteiger partial charge < -0.3 is 9.97 Å². The van der Waals surface area contributed by atoms with Crippen LogP contribution < -0.4 is 0 Å². The van der Waals surface area contributed by atoms with Crippen molar-refractivity contribution in [1.82, 2.24) is 9.97 Å². The van der Waals surface area contributed by atoms with Crippen LogP contribution in [0, 0.1) is 0 Å². The van der Waals surface area contributed by atoms with E-state index in [1.807, 2.05) is 0 Å². The van der Waals surface area contributed by atoms with Crippen LogP contribution in [0.15, 0.2) is 121 Å². The van der Waals surface area contributed by atoms with Crippen LogP contribution in [-0.4, -0.2) is 9.97 Å². The van der Waals surface area contributed by atoms with Gasteiger partial charge in [0.1, 0.15) is 0 Å². The minimum absolute atomic E-state index is 1.18. The van der Waals surface area contributed by atoms with Gasteiger partial charge >= 0.3 is 0 Å². The fraction of sp³-hybridized carbons (Fsp3) is 0. The Balaban J connectivity index is 1.27. The predicted molar refractivity (Wildman–Crippen MR) is 154 cm³/mol. The number of nitrogens with one attached hydrogen (secondary N) is 2. The summed E-state index contributed by atoms with van der Waals surface area (Å²) in [4.78, 5) is 7.30. The van der Waals surface area contributed by atoms with Gasteiger partial charge in [0.25, 0.3) is 0 Å². The first kappa shape index (κ1) is 19.5. The highest BCUT2D eigenvalue weighted by Gasteiger charge is 2.12. The molecule has 8 aromatic rings. The van der Waals surface area contributed by atoms with Crippen molar-refractivity contribution in [3.05, 3.63) is 121 Å². The second-order valence-electron chi connectivity index (χ2n) is 9.57. The summed E-state index contributed by atoms with van der Waals surface area (Å²) in [6.07, 6.45) is 0. The Morgan fingerprint density at radius 3 is 1.31 bits per heavy atom. The minimum atomic E-state index is 1.18. The summed E-state index contributed by atoms with van der Waals surface area (Å²) in [6, 6.07) is 43.8. The normalized spacial score (nSPS) is 11.9. The second kappa shape index (κ2) is 7.34. The molecule has 6 aromatic carbocycles. The van der Waals surface area contributed by atoms with Crippen molar-refractivity contribution in [2.45, 2.75) is 0 Å². The van der Waals surface area contributed by atoms with Crippen molar-refractivity contribution in [1.29, 1.82) is 0 Å². The van der Waals surface area contributed by atoms with E-state index in [2.05, 4.69) is 131 Å². The monoisotopic (exact) mass is 458 g/mol. The fourth-order valence-electron chi connectivity index (χ4n) is 5.81. The third-order valence-electron chi connectivity index (χ3n) is 7.54. The highest BCUT2D eigenvalue weighted by molar-refractivity contribution is 6.13. The number of hydrogen-bond acceptors (Lipinski definition) is 0. The van der Waals surface area contributed by atoms with E-state index >= 15 is 0 Å². The van der Waals surface area contributed by atoms with Gasteiger partial charge in [-0.05, 0) is 46.2 Å². The van der Waals surface area contributed by atoms with Crippen molar-refractivity contribution < 1.29 is 0 Å². The molecule has 0 unspecified atom stereocenters. The Bertz CT molecular complexity index is 1950. The van der Waals surface area contributed by atoms with Crippen LogP contribution in [-0.2, 0) is 0 Å². The number of rotatable bonds is 2. The smallest absolute Gasteiger partial charge is 0.0544 e. The van der Waals surface area contributed by atoms with Gasteiger partial charge in [-0.2, -0.15) is 0 Å². The van der Waals surface area contributed by atoms with Crippen LogP contribution in [0.25, 0.3) is 76.6 Å². The number of aromatic nitrogens is 2. The van der Waals surface area contributed by atoms with Gasteiger partial charge in [0, 0.05) is 43.7 Å². The second-order valence-corrected chi connectivity index (χ2v) is 9.57. The average molecular weight is 459 g/mol. The maximum atomic E-state index is 3.65. The van der Waals surface area contributed by atoms with E-state index in [0.717, 1.165) is 0 Å². The highest BCUT2D eigenvalue weighted by atomic mass is 14.7. The summed E-state index contributed by atoms with van der Waals surface area (Å²) in [5, 5.41) is 7.56. The molecule has 0 radical (unpaired) electrons. The van der Waals surface area contributed by atoms with Gasteiger partial charge in [-0.1, -0.05) is 97.1 Å². The van der Waals surface area contributed by atoms with Crippen molar-refractivity contribution >= 4 is 54.4 Å². The van der Waals surface area contributed by atoms with E-state index in [-0.39, 0.29) is 0 Å². The molecule has 0 fully saturated rings. The SMILES string of the molecule is c1ccc2c(c1)[nH]c1c(-c3ccc4cc(-c5cccc6c5[nH]c5ccccc56)ccc4c3)cccc12. The molecule has 2 aromatic heterocycles. The number of H-pyrrole nitrogens is 2. The van der Waals surface area contributed by atoms with Gasteiger partial charge in [0.05, 0.1) is 11.0 Å². The van der Waals surface area contributed by atoms with E-state index in [9.17, 15) is 0 Å². The number of benzene rings is 6. The van der Waals surface area contributed by atoms with Gasteiger partial charge in [-0.3, -0.25) is 0 Å². The van der Waals surface area contributed by atoms with Crippen molar-refractivity contribution in [2.75, 3.05) is 0 Å². The van der Waals surface area contributed by atoms with Gasteiger partial charge in [0.2, 0.25) is 0 Å². The summed E-state index contributed by atoms with van der Waals surface area (Å²) in [5.74, 6) is 0. The summed E-state index contributed by atoms with van der Waals surface area (Å²) in [5.41, 5.74) is 9.67. The number of para-hydroxylation sites is 4. The van der Waals surface area contributed by atoms with Crippen molar-refractivity contribution in [3.8, 4) is 22.3 Å². The highest BCUT2D eigenvalue weighted by Crippen LogP contribution is 2.37. The molecule has 8 rings (SSSR count). The van der Waals surface area contributed by atoms with Gasteiger partial charge in [-0.15, -0.1) is 0 Å². The Morgan fingerprint density at radius 1 is 0.361 bits per heavy atom. The first-order chi connectivity index (χ1) is 17.8. The molecule has 0 spiro atoms. The molecule has 0 aliphatic rings. The third-order valence-corrected chi connectivity index (χ3v) is 7.54. The molecule has 0 aliphatic carbocycles. The fourth-order valence-corrected chi connectivity index (χ4v) is 5.81. The first-order valence-electron chi connectivity index (χ1n) is 12.4. The quantitative estimate of drug-likeness (QED) is 0.258. The molecule has 2 nitrogen and oxygen atoms in total. The molecule has 2 heterocycles. The Hall–Kier alpha value is -4.82. The zero-order valence-electron chi connectivity index (χ0n) is 19.5. The maximum absolute atomic E-state index is 3.65. The summed E-state index contributed by atoms with van der Waals surface area (Å²) in [6.45, 7) is 0. The molecule has 0 aliphatic heterocycles. The average Bonchev–Trinajstić information content (AvgIpc) is 3.51. The summed E-state index contributed by atoms with van der Waals surface area (Å²) < 4.78 is 0. The van der Waals surface area contributed by atoms with Crippen LogP contribution in [0.2, 0.25) is 0 Å². The molecule has 36 heavy (non-hydrogen) atoms. The lowest BCUT2D eigenvalue weighted by molar-refractivity contribution is 1.53. The van der Waals surface area contributed by atoms with E-state index in [1.54, 1.807) is 0 Å². The molecule has 0 saturated carbocycles. The lowest BCUT2D eigenvalue weighted by Crippen LogP contribution is -1.84. The lowest BCUT2D eigenvalue weighted by Gasteiger charge is -2.09. The van der Waals surface area contributed by atoms with Crippen LogP contribution in [0.3, 0.4) is 0 Å². The molecule has 0 atom stereocenters. The predicted octanol–water partition coefficient (Wildman–Crippen LogP) is 9.44. The molecular formula is C34H22N2. The molecule has 168 valence electrons. The molecular weight excluding hydrogens is 436 g/mol. The molecule has 0 bridgehead atoms. The maximum Gasteiger partial charge on any atom is 0.0544 e. The molecule has 2 heteroatoms. The van der Waals surface area contributed by atoms with Crippen molar-refractivity contribution in [3.63, 3.8) is 0 Å². The van der Waals surface area contributed by atoms with Crippen LogP contribution in [0.1, 0.15) is 0 Å². The van der Waals surface area contributed by atoms with E-state index in [4.69, 9.17) is 0 Å². The Kier molecular flexibility index (Phi) is 3.97. The molecule has 2 N–H and O–H groups in total. The number of hydrogen-bond donors (Lipinski definition) is 2. The first-order valence-corrected chi connectivity index (χ1v) is 12.4. The third kappa shape index (κ3) is 2.79. The Morgan fingerprint density at radius 2 is 0.806 bits per heavy atom. The van der Waals surface area contributed by atoms with Crippen LogP contribution in [0.4, 0.5) is 0 Å². The molecule has 0 saturated heterocycles. The van der Waals surface area contributed by atoms with E-state index in [1.165, 1.54) is 76.6 Å². The van der Waals surface area contributed by atoms with Crippen molar-refractivity contribution in [2.24, 2.45) is 0 Å². The topological polar surface area (TPSA) is 31.6 Å². The lowest BCUT2D eigenvalue weighted by atomic mass is 9.96. The number of fused-ring (bicyclic) bond motifs is 7. The summed E-state index contributed by atoms with van der Waals surface area (Å²) >= 11 is 0. The number of aromatic amines is 2. The molecule has 0 amide bonds.